The highest BCUT2D eigenvalue weighted by Gasteiger charge is 2.05. The van der Waals surface area contributed by atoms with Crippen molar-refractivity contribution < 1.29 is 4.74 Å². The van der Waals surface area contributed by atoms with Gasteiger partial charge in [-0.15, -0.1) is 0 Å². The zero-order chi connectivity index (χ0) is 14.9. The van der Waals surface area contributed by atoms with Crippen LogP contribution in [-0.4, -0.2) is 19.3 Å². The van der Waals surface area contributed by atoms with E-state index in [0.717, 1.165) is 19.6 Å². The van der Waals surface area contributed by atoms with Crippen molar-refractivity contribution in [3.63, 3.8) is 0 Å². The third-order valence-corrected chi connectivity index (χ3v) is 3.96. The molecule has 0 fully saturated rings. The first kappa shape index (κ1) is 19.9. The van der Waals surface area contributed by atoms with Gasteiger partial charge in [0.15, 0.2) is 0 Å². The molecule has 0 amide bonds. The molecule has 3 heteroatoms. The molecule has 0 aromatic rings. The highest BCUT2D eigenvalue weighted by Crippen LogP contribution is 2.12. The fraction of sp³-hybridized carbons (Fsp3) is 1.00. The van der Waals surface area contributed by atoms with Gasteiger partial charge in [0, 0.05) is 19.3 Å². The first-order chi connectivity index (χ1) is 9.85. The van der Waals surface area contributed by atoms with Gasteiger partial charge in [0.1, 0.15) is 0 Å². The molecule has 3 nitrogen and oxygen atoms in total. The second-order valence-corrected chi connectivity index (χ2v) is 5.82. The lowest BCUT2D eigenvalue weighted by molar-refractivity contribution is 0.135. The smallest absolute Gasteiger partial charge is 0.0481 e. The van der Waals surface area contributed by atoms with Crippen LogP contribution in [0.1, 0.15) is 90.9 Å². The summed E-state index contributed by atoms with van der Waals surface area (Å²) < 4.78 is 5.37. The molecule has 0 rings (SSSR count). The van der Waals surface area contributed by atoms with Crippen LogP contribution in [0.4, 0.5) is 0 Å². The normalized spacial score (nSPS) is 12.8. The Labute approximate surface area is 127 Å². The maximum atomic E-state index is 5.57. The van der Waals surface area contributed by atoms with Crippen molar-refractivity contribution in [1.29, 1.82) is 0 Å². The van der Waals surface area contributed by atoms with Gasteiger partial charge >= 0.3 is 0 Å². The number of rotatable bonds is 16. The van der Waals surface area contributed by atoms with Gasteiger partial charge < -0.3 is 4.74 Å². The molecule has 0 spiro atoms. The summed E-state index contributed by atoms with van der Waals surface area (Å²) in [6.07, 6.45) is 16.1. The zero-order valence-electron chi connectivity index (χ0n) is 14.0. The second kappa shape index (κ2) is 16.9. The average molecular weight is 287 g/mol. The predicted octanol–water partition coefficient (Wildman–Crippen LogP) is 4.56. The van der Waals surface area contributed by atoms with Crippen molar-refractivity contribution in [2.75, 3.05) is 13.2 Å². The Morgan fingerprint density at radius 3 is 1.85 bits per heavy atom. The summed E-state index contributed by atoms with van der Waals surface area (Å²) in [5.41, 5.74) is 2.91. The molecule has 122 valence electrons. The Balaban J connectivity index is 3.20. The van der Waals surface area contributed by atoms with E-state index < -0.39 is 0 Å². The van der Waals surface area contributed by atoms with E-state index in [4.69, 9.17) is 10.6 Å². The van der Waals surface area contributed by atoms with Crippen molar-refractivity contribution in [2.45, 2.75) is 96.9 Å². The number of hydrogen-bond donors (Lipinski definition) is 2. The molecule has 0 radical (unpaired) electrons. The van der Waals surface area contributed by atoms with Crippen LogP contribution in [-0.2, 0) is 4.74 Å². The highest BCUT2D eigenvalue weighted by molar-refractivity contribution is 4.63. The molecule has 0 heterocycles. The summed E-state index contributed by atoms with van der Waals surface area (Å²) in [5, 5.41) is 0. The summed E-state index contributed by atoms with van der Waals surface area (Å²) in [6.45, 7) is 5.93. The molecule has 0 aliphatic carbocycles. The van der Waals surface area contributed by atoms with E-state index >= 15 is 0 Å². The Morgan fingerprint density at radius 2 is 1.35 bits per heavy atom. The summed E-state index contributed by atoms with van der Waals surface area (Å²) in [6, 6.07) is 0.426. The van der Waals surface area contributed by atoms with Crippen molar-refractivity contribution in [3.05, 3.63) is 0 Å². The van der Waals surface area contributed by atoms with E-state index in [0.29, 0.717) is 6.04 Å². The van der Waals surface area contributed by atoms with Crippen LogP contribution in [0.3, 0.4) is 0 Å². The minimum atomic E-state index is 0.426. The third-order valence-electron chi connectivity index (χ3n) is 3.96. The summed E-state index contributed by atoms with van der Waals surface area (Å²) in [5.74, 6) is 5.57. The number of hydrazine groups is 1. The molecule has 20 heavy (non-hydrogen) atoms. The van der Waals surface area contributed by atoms with Crippen molar-refractivity contribution in [2.24, 2.45) is 5.84 Å². The SMILES string of the molecule is CCCCCCCCCCCCC(CCOCC)NN. The van der Waals surface area contributed by atoms with E-state index in [2.05, 4.69) is 12.3 Å². The predicted molar refractivity (Wildman–Crippen MR) is 88.7 cm³/mol. The molecule has 0 aliphatic heterocycles. The third kappa shape index (κ3) is 14.3. The number of ether oxygens (including phenoxy) is 1. The monoisotopic (exact) mass is 286 g/mol. The summed E-state index contributed by atoms with van der Waals surface area (Å²) >= 11 is 0. The highest BCUT2D eigenvalue weighted by atomic mass is 16.5. The van der Waals surface area contributed by atoms with E-state index in [1.165, 1.54) is 70.6 Å². The van der Waals surface area contributed by atoms with Gasteiger partial charge in [0.25, 0.3) is 0 Å². The maximum Gasteiger partial charge on any atom is 0.0481 e. The standard InChI is InChI=1S/C17H38N2O/c1-3-5-6-7-8-9-10-11-12-13-14-17(19-18)15-16-20-4-2/h17,19H,3-16,18H2,1-2H3. The molecule has 0 saturated carbocycles. The van der Waals surface area contributed by atoms with Crippen LogP contribution in [0.25, 0.3) is 0 Å². The van der Waals surface area contributed by atoms with Crippen molar-refractivity contribution in [1.82, 2.24) is 5.43 Å². The molecule has 1 atom stereocenters. The molecule has 0 bridgehead atoms. The van der Waals surface area contributed by atoms with Crippen molar-refractivity contribution in [3.8, 4) is 0 Å². The number of unbranched alkanes of at least 4 members (excludes halogenated alkanes) is 9. The van der Waals surface area contributed by atoms with Crippen LogP contribution in [0, 0.1) is 0 Å². The quantitative estimate of drug-likeness (QED) is 0.248. The fourth-order valence-electron chi connectivity index (χ4n) is 2.56. The van der Waals surface area contributed by atoms with Crippen LogP contribution < -0.4 is 11.3 Å². The fourth-order valence-corrected chi connectivity index (χ4v) is 2.56. The Hall–Kier alpha value is -0.120. The Bertz CT molecular complexity index is 176. The largest absolute Gasteiger partial charge is 0.382 e. The lowest BCUT2D eigenvalue weighted by Gasteiger charge is -2.15. The van der Waals surface area contributed by atoms with Gasteiger partial charge in [0.05, 0.1) is 0 Å². The average Bonchev–Trinajstić information content (AvgIpc) is 2.47. The van der Waals surface area contributed by atoms with Crippen molar-refractivity contribution >= 4 is 0 Å². The number of nitrogens with one attached hydrogen (secondary N) is 1. The van der Waals surface area contributed by atoms with E-state index in [1.54, 1.807) is 0 Å². The first-order valence-corrected chi connectivity index (χ1v) is 8.89. The molecular formula is C17H38N2O. The molecule has 0 aromatic heterocycles. The van der Waals surface area contributed by atoms with Gasteiger partial charge in [-0.2, -0.15) is 0 Å². The lowest BCUT2D eigenvalue weighted by atomic mass is 10.0. The zero-order valence-corrected chi connectivity index (χ0v) is 14.0. The van der Waals surface area contributed by atoms with Gasteiger partial charge in [-0.05, 0) is 19.8 Å². The molecule has 1 unspecified atom stereocenters. The first-order valence-electron chi connectivity index (χ1n) is 8.89. The number of nitrogens with two attached hydrogens (primary N) is 1. The lowest BCUT2D eigenvalue weighted by Crippen LogP contribution is -2.35. The number of hydrogen-bond acceptors (Lipinski definition) is 3. The van der Waals surface area contributed by atoms with Crippen LogP contribution in [0.15, 0.2) is 0 Å². The summed E-state index contributed by atoms with van der Waals surface area (Å²) in [4.78, 5) is 0. The Kier molecular flexibility index (Phi) is 16.8. The second-order valence-electron chi connectivity index (χ2n) is 5.82. The van der Waals surface area contributed by atoms with Gasteiger partial charge in [-0.25, -0.2) is 0 Å². The Morgan fingerprint density at radius 1 is 0.800 bits per heavy atom. The molecule has 0 saturated heterocycles. The van der Waals surface area contributed by atoms with E-state index in [9.17, 15) is 0 Å². The van der Waals surface area contributed by atoms with Crippen LogP contribution in [0.2, 0.25) is 0 Å². The van der Waals surface area contributed by atoms with Crippen LogP contribution in [0.5, 0.6) is 0 Å². The molecule has 0 aliphatic rings. The van der Waals surface area contributed by atoms with Gasteiger partial charge in [-0.3, -0.25) is 11.3 Å². The topological polar surface area (TPSA) is 47.3 Å². The molecule has 0 aromatic carbocycles. The minimum absolute atomic E-state index is 0.426. The van der Waals surface area contributed by atoms with Gasteiger partial charge in [0.2, 0.25) is 0 Å². The summed E-state index contributed by atoms with van der Waals surface area (Å²) in [7, 11) is 0. The minimum Gasteiger partial charge on any atom is -0.382 e. The molecule has 3 N–H and O–H groups in total. The van der Waals surface area contributed by atoms with Crippen LogP contribution >= 0.6 is 0 Å². The van der Waals surface area contributed by atoms with E-state index in [1.807, 2.05) is 6.92 Å². The maximum absolute atomic E-state index is 5.57. The molecular weight excluding hydrogens is 248 g/mol. The van der Waals surface area contributed by atoms with Gasteiger partial charge in [-0.1, -0.05) is 71.1 Å². The van der Waals surface area contributed by atoms with E-state index in [-0.39, 0.29) is 0 Å².